The van der Waals surface area contributed by atoms with Gasteiger partial charge in [-0.3, -0.25) is 0 Å². The molecule has 0 radical (unpaired) electrons. The summed E-state index contributed by atoms with van der Waals surface area (Å²) in [6.45, 7) is 8.87. The third-order valence-electron chi connectivity index (χ3n) is 4.05. The Hall–Kier alpha value is 0.209. The van der Waals surface area contributed by atoms with Crippen LogP contribution in [0.25, 0.3) is 0 Å². The Morgan fingerprint density at radius 3 is 1.58 bits per heavy atom. The van der Waals surface area contributed by atoms with Crippen molar-refractivity contribution < 1.29 is 4.79 Å². The van der Waals surface area contributed by atoms with Crippen molar-refractivity contribution in [1.82, 2.24) is 0 Å². The predicted molar refractivity (Wildman–Crippen MR) is 89.3 cm³/mol. The zero-order chi connectivity index (χ0) is 14.6. The van der Waals surface area contributed by atoms with Gasteiger partial charge in [0.1, 0.15) is 0 Å². The quantitative estimate of drug-likeness (QED) is 0.307. The molecule has 0 fully saturated rings. The molecule has 0 saturated heterocycles. The van der Waals surface area contributed by atoms with Crippen LogP contribution in [0.15, 0.2) is 12.2 Å². The zero-order valence-corrected chi connectivity index (χ0v) is 16.5. The minimum absolute atomic E-state index is 0.603. The summed E-state index contributed by atoms with van der Waals surface area (Å²) in [4.78, 5) is 12.7. The van der Waals surface area contributed by atoms with Gasteiger partial charge in [0.15, 0.2) is 0 Å². The average molecular weight is 373 g/mol. The molecule has 1 nitrogen and oxygen atoms in total. The summed E-state index contributed by atoms with van der Waals surface area (Å²) >= 11 is -2.58. The summed E-state index contributed by atoms with van der Waals surface area (Å²) in [5.74, 6) is 0. The molecule has 0 aliphatic heterocycles. The van der Waals surface area contributed by atoms with Gasteiger partial charge in [-0.15, -0.1) is 0 Å². The topological polar surface area (TPSA) is 17.1 Å². The van der Waals surface area contributed by atoms with E-state index in [1.807, 2.05) is 6.08 Å². The van der Waals surface area contributed by atoms with Gasteiger partial charge >= 0.3 is 125 Å². The van der Waals surface area contributed by atoms with Crippen LogP contribution >= 0.6 is 0 Å². The molecule has 0 N–H and O–H groups in total. The molecular formula is C17H34OSn. The van der Waals surface area contributed by atoms with Crippen LogP contribution in [0.1, 0.15) is 72.6 Å². The van der Waals surface area contributed by atoms with Gasteiger partial charge in [-0.1, -0.05) is 0 Å². The Kier molecular flexibility index (Phi) is 12.1. The number of carbonyl (C=O) groups excluding carboxylic acids is 1. The second kappa shape index (κ2) is 12.0. The molecule has 0 amide bonds. The van der Waals surface area contributed by atoms with Gasteiger partial charge in [-0.2, -0.15) is 0 Å². The first-order chi connectivity index (χ1) is 9.16. The van der Waals surface area contributed by atoms with Crippen molar-refractivity contribution in [3.8, 4) is 0 Å². The standard InChI is InChI=1S/C5H7O.3C4H9.Sn/c1-2-3-4-5-6;3*1-3-4-2;/h3-4H,2H2,1H3;3*1,3-4H2,2H3;/b4-3+;;;;. The van der Waals surface area contributed by atoms with E-state index in [4.69, 9.17) is 0 Å². The fraction of sp³-hybridized carbons (Fsp3) is 0.824. The SMILES string of the molecule is CC/C=C/[C](=O)[Sn]([CH2]CCC)([CH2]CCC)[CH2]CCC. The van der Waals surface area contributed by atoms with Crippen LogP contribution in [0.5, 0.6) is 0 Å². The number of hydrogen-bond acceptors (Lipinski definition) is 1. The molecule has 112 valence electrons. The fourth-order valence-electron chi connectivity index (χ4n) is 2.69. The van der Waals surface area contributed by atoms with Gasteiger partial charge in [0.25, 0.3) is 0 Å². The minimum atomic E-state index is -2.58. The molecule has 19 heavy (non-hydrogen) atoms. The molecule has 0 atom stereocenters. The van der Waals surface area contributed by atoms with Crippen molar-refractivity contribution in [2.24, 2.45) is 0 Å². The first-order valence-corrected chi connectivity index (χ1v) is 15.9. The predicted octanol–water partition coefficient (Wildman–Crippen LogP) is 5.91. The Balaban J connectivity index is 4.95. The normalized spacial score (nSPS) is 12.2. The molecule has 0 spiro atoms. The van der Waals surface area contributed by atoms with Crippen LogP contribution in [0.4, 0.5) is 0 Å². The van der Waals surface area contributed by atoms with Gasteiger partial charge in [-0.25, -0.2) is 0 Å². The molecule has 0 heterocycles. The number of carbonyl (C=O) groups is 1. The Morgan fingerprint density at radius 2 is 1.26 bits per heavy atom. The van der Waals surface area contributed by atoms with Crippen molar-refractivity contribution in [3.05, 3.63) is 12.2 Å². The van der Waals surface area contributed by atoms with E-state index in [0.29, 0.717) is 3.80 Å². The second-order valence-corrected chi connectivity index (χ2v) is 18.8. The molecule has 0 bridgehead atoms. The third-order valence-corrected chi connectivity index (χ3v) is 18.7. The van der Waals surface area contributed by atoms with Crippen LogP contribution in [0, 0.1) is 0 Å². The maximum absolute atomic E-state index is 12.7. The van der Waals surface area contributed by atoms with Crippen LogP contribution < -0.4 is 0 Å². The molecule has 0 aromatic rings. The average Bonchev–Trinajstić information content (AvgIpc) is 2.44. The zero-order valence-electron chi connectivity index (χ0n) is 13.6. The van der Waals surface area contributed by atoms with E-state index in [2.05, 4.69) is 33.8 Å². The van der Waals surface area contributed by atoms with Crippen LogP contribution in [-0.2, 0) is 4.79 Å². The van der Waals surface area contributed by atoms with Crippen molar-refractivity contribution >= 4 is 22.2 Å². The Morgan fingerprint density at radius 1 is 0.842 bits per heavy atom. The summed E-state index contributed by atoms with van der Waals surface area (Å²) in [5, 5.41) is 0. The van der Waals surface area contributed by atoms with Crippen molar-refractivity contribution in [2.75, 3.05) is 0 Å². The number of unbranched alkanes of at least 4 members (excludes halogenated alkanes) is 3. The Labute approximate surface area is 125 Å². The summed E-state index contributed by atoms with van der Waals surface area (Å²) in [6.07, 6.45) is 12.6. The van der Waals surface area contributed by atoms with Crippen molar-refractivity contribution in [1.29, 1.82) is 0 Å². The van der Waals surface area contributed by atoms with E-state index in [9.17, 15) is 4.79 Å². The van der Waals surface area contributed by atoms with Crippen LogP contribution in [0.2, 0.25) is 13.3 Å². The van der Waals surface area contributed by atoms with E-state index in [1.54, 1.807) is 0 Å². The monoisotopic (exact) mass is 374 g/mol. The van der Waals surface area contributed by atoms with Crippen LogP contribution in [0.3, 0.4) is 0 Å². The maximum atomic E-state index is 12.7. The van der Waals surface area contributed by atoms with Gasteiger partial charge in [0.05, 0.1) is 0 Å². The molecule has 0 aromatic heterocycles. The summed E-state index contributed by atoms with van der Waals surface area (Å²) in [7, 11) is 0. The summed E-state index contributed by atoms with van der Waals surface area (Å²) in [5.41, 5.74) is 0. The number of allylic oxidation sites excluding steroid dienone is 2. The number of rotatable bonds is 12. The molecule has 0 aliphatic rings. The first-order valence-electron chi connectivity index (χ1n) is 8.37. The molecule has 0 unspecified atom stereocenters. The van der Waals surface area contributed by atoms with E-state index >= 15 is 0 Å². The molecule has 0 rings (SSSR count). The second-order valence-electron chi connectivity index (χ2n) is 5.77. The van der Waals surface area contributed by atoms with Crippen molar-refractivity contribution in [3.63, 3.8) is 0 Å². The third kappa shape index (κ3) is 7.53. The summed E-state index contributed by atoms with van der Waals surface area (Å²) in [6, 6.07) is 0. The molecule has 2 heteroatoms. The molecular weight excluding hydrogens is 339 g/mol. The fourth-order valence-corrected chi connectivity index (χ4v) is 17.1. The van der Waals surface area contributed by atoms with Crippen molar-refractivity contribution in [2.45, 2.75) is 86.0 Å². The molecule has 0 aliphatic carbocycles. The Bertz CT molecular complexity index is 236. The molecule has 0 aromatic carbocycles. The van der Waals surface area contributed by atoms with Gasteiger partial charge in [-0.05, 0) is 0 Å². The van der Waals surface area contributed by atoms with Crippen LogP contribution in [-0.4, -0.2) is 22.2 Å². The van der Waals surface area contributed by atoms with E-state index in [-0.39, 0.29) is 0 Å². The van der Waals surface area contributed by atoms with E-state index in [1.165, 1.54) is 51.8 Å². The number of hydrogen-bond donors (Lipinski definition) is 0. The van der Waals surface area contributed by atoms with E-state index in [0.717, 1.165) is 6.42 Å². The van der Waals surface area contributed by atoms with Gasteiger partial charge in [0, 0.05) is 0 Å². The first kappa shape index (κ1) is 19.2. The van der Waals surface area contributed by atoms with E-state index < -0.39 is 18.4 Å². The summed E-state index contributed by atoms with van der Waals surface area (Å²) < 4.78 is 4.47. The molecule has 0 saturated carbocycles. The van der Waals surface area contributed by atoms with Gasteiger partial charge < -0.3 is 0 Å². The van der Waals surface area contributed by atoms with Gasteiger partial charge in [0.2, 0.25) is 0 Å².